The molecule has 2 fully saturated rings. The lowest BCUT2D eigenvalue weighted by molar-refractivity contribution is 0.263. The fraction of sp³-hybridized carbons (Fsp3) is 0.545. The Kier molecular flexibility index (Phi) is 17.3. The van der Waals surface area contributed by atoms with Gasteiger partial charge in [0.1, 0.15) is 17.0 Å². The van der Waals surface area contributed by atoms with Gasteiger partial charge >= 0.3 is 0 Å². The minimum absolute atomic E-state index is 0.622. The number of aromatic nitrogens is 1. The van der Waals surface area contributed by atoms with Crippen LogP contribution in [0.1, 0.15) is 38.5 Å². The van der Waals surface area contributed by atoms with Gasteiger partial charge in [-0.05, 0) is 101 Å². The molecule has 2 saturated heterocycles. The van der Waals surface area contributed by atoms with Crippen molar-refractivity contribution in [2.45, 2.75) is 38.5 Å². The second kappa shape index (κ2) is 20.7. The highest BCUT2D eigenvalue weighted by Crippen LogP contribution is 2.28. The van der Waals surface area contributed by atoms with Gasteiger partial charge in [-0.25, -0.2) is 4.98 Å². The van der Waals surface area contributed by atoms with Crippen molar-refractivity contribution in [3.05, 3.63) is 42.5 Å². The van der Waals surface area contributed by atoms with Crippen LogP contribution in [0.2, 0.25) is 0 Å². The van der Waals surface area contributed by atoms with Crippen molar-refractivity contribution in [1.82, 2.24) is 14.8 Å². The average Bonchev–Trinajstić information content (AvgIpc) is 3.78. The summed E-state index contributed by atoms with van der Waals surface area (Å²) >= 11 is 0. The normalized spacial score (nSPS) is 14.8. The summed E-state index contributed by atoms with van der Waals surface area (Å²) in [5, 5.41) is 0. The fourth-order valence-electron chi connectivity index (χ4n) is 4.78. The van der Waals surface area contributed by atoms with E-state index in [1.165, 1.54) is 51.9 Å². The SMILES string of the molecule is C#C.COC.COC.c1cc(-c2nc3ccc(OCCCN4CCCC4)cc3o2)ccc1OCCCN1CCCC1. The topological polar surface area (TPSA) is 69.4 Å². The molecule has 1 aromatic heterocycles. The second-order valence-electron chi connectivity index (χ2n) is 9.99. The predicted molar refractivity (Wildman–Crippen MR) is 167 cm³/mol. The van der Waals surface area contributed by atoms with Crippen LogP contribution >= 0.6 is 0 Å². The molecule has 226 valence electrons. The van der Waals surface area contributed by atoms with E-state index in [1.807, 2.05) is 42.5 Å². The summed E-state index contributed by atoms with van der Waals surface area (Å²) in [5.74, 6) is 2.35. The zero-order chi connectivity index (χ0) is 29.7. The van der Waals surface area contributed by atoms with Crippen molar-refractivity contribution in [2.75, 3.05) is 80.9 Å². The Hall–Kier alpha value is -3.09. The third-order valence-corrected chi connectivity index (χ3v) is 6.63. The molecular weight excluding hydrogens is 518 g/mol. The van der Waals surface area contributed by atoms with Gasteiger partial charge in [-0.3, -0.25) is 0 Å². The van der Waals surface area contributed by atoms with Gasteiger partial charge in [0.05, 0.1) is 13.2 Å². The first-order valence-electron chi connectivity index (χ1n) is 14.5. The van der Waals surface area contributed by atoms with Crippen LogP contribution in [0.5, 0.6) is 11.5 Å². The molecule has 2 aliphatic rings. The molecule has 8 nitrogen and oxygen atoms in total. The van der Waals surface area contributed by atoms with Crippen LogP contribution in [0.4, 0.5) is 0 Å². The van der Waals surface area contributed by atoms with Crippen molar-refractivity contribution in [2.24, 2.45) is 0 Å². The number of nitrogens with zero attached hydrogens (tertiary/aromatic N) is 3. The monoisotopic (exact) mass is 567 g/mol. The van der Waals surface area contributed by atoms with Crippen molar-refractivity contribution < 1.29 is 23.4 Å². The first-order valence-corrected chi connectivity index (χ1v) is 14.5. The lowest BCUT2D eigenvalue weighted by Crippen LogP contribution is -2.21. The van der Waals surface area contributed by atoms with E-state index in [0.717, 1.165) is 67.3 Å². The standard InChI is InChI=1S/C27H35N3O3.2C2H6O.C2H2/c1-2-14-29(13-1)17-5-19-31-23-9-7-22(8-10-23)27-28-25-12-11-24(21-26(25)33-27)32-20-6-18-30-15-3-4-16-30;2*1-3-2;1-2/h7-12,21H,1-6,13-20H2;2*1-2H3;1-2H. The molecule has 3 aromatic rings. The van der Waals surface area contributed by atoms with Crippen LogP contribution in [0, 0.1) is 12.8 Å². The largest absolute Gasteiger partial charge is 0.494 e. The number of likely N-dealkylation sites (tertiary alicyclic amines) is 2. The second-order valence-corrected chi connectivity index (χ2v) is 9.99. The number of oxazole rings is 1. The van der Waals surface area contributed by atoms with E-state index in [1.54, 1.807) is 28.4 Å². The van der Waals surface area contributed by atoms with Crippen molar-refractivity contribution in [1.29, 1.82) is 0 Å². The van der Waals surface area contributed by atoms with E-state index < -0.39 is 0 Å². The van der Waals surface area contributed by atoms with Gasteiger partial charge in [0.2, 0.25) is 5.89 Å². The van der Waals surface area contributed by atoms with E-state index in [0.29, 0.717) is 5.89 Å². The van der Waals surface area contributed by atoms with Crippen LogP contribution in [-0.4, -0.2) is 95.7 Å². The predicted octanol–water partition coefficient (Wildman–Crippen LogP) is 6.00. The summed E-state index contributed by atoms with van der Waals surface area (Å²) in [7, 11) is 6.50. The molecule has 0 atom stereocenters. The number of methoxy groups -OCH3 is 2. The number of benzene rings is 2. The first-order chi connectivity index (χ1) is 20.2. The molecule has 0 aliphatic carbocycles. The highest BCUT2D eigenvalue weighted by atomic mass is 16.5. The number of fused-ring (bicyclic) bond motifs is 1. The molecule has 2 aromatic carbocycles. The summed E-state index contributed by atoms with van der Waals surface area (Å²) in [6.07, 6.45) is 15.5. The Morgan fingerprint density at radius 1 is 0.707 bits per heavy atom. The van der Waals surface area contributed by atoms with E-state index in [4.69, 9.17) is 13.9 Å². The highest BCUT2D eigenvalue weighted by Gasteiger charge is 2.13. The number of terminal acetylenes is 1. The van der Waals surface area contributed by atoms with E-state index >= 15 is 0 Å². The Labute approximate surface area is 246 Å². The molecule has 8 heteroatoms. The van der Waals surface area contributed by atoms with Crippen molar-refractivity contribution >= 4 is 11.1 Å². The molecule has 0 spiro atoms. The molecule has 0 unspecified atom stereocenters. The zero-order valence-electron chi connectivity index (χ0n) is 25.5. The Morgan fingerprint density at radius 3 is 1.68 bits per heavy atom. The summed E-state index contributed by atoms with van der Waals surface area (Å²) in [4.78, 5) is 9.68. The van der Waals surface area contributed by atoms with Crippen LogP contribution in [0.15, 0.2) is 46.9 Å². The third-order valence-electron chi connectivity index (χ3n) is 6.63. The Balaban J connectivity index is 0.000000666. The smallest absolute Gasteiger partial charge is 0.227 e. The highest BCUT2D eigenvalue weighted by molar-refractivity contribution is 5.77. The minimum atomic E-state index is 0.622. The molecule has 0 saturated carbocycles. The number of hydrogen-bond donors (Lipinski definition) is 0. The fourth-order valence-corrected chi connectivity index (χ4v) is 4.78. The van der Waals surface area contributed by atoms with Gasteiger partial charge in [0.25, 0.3) is 0 Å². The first kappa shape index (κ1) is 34.1. The summed E-state index contributed by atoms with van der Waals surface area (Å²) in [6, 6.07) is 13.9. The quantitative estimate of drug-likeness (QED) is 0.207. The van der Waals surface area contributed by atoms with Crippen LogP contribution in [-0.2, 0) is 9.47 Å². The van der Waals surface area contributed by atoms with Gasteiger partial charge in [0, 0.05) is 53.2 Å². The molecular formula is C33H49N3O5. The molecule has 0 bridgehead atoms. The van der Waals surface area contributed by atoms with Crippen LogP contribution in [0.3, 0.4) is 0 Å². The lowest BCUT2D eigenvalue weighted by Gasteiger charge is -2.14. The molecule has 3 heterocycles. The molecule has 0 N–H and O–H groups in total. The van der Waals surface area contributed by atoms with E-state index in [9.17, 15) is 0 Å². The van der Waals surface area contributed by atoms with Gasteiger partial charge in [-0.15, -0.1) is 12.8 Å². The minimum Gasteiger partial charge on any atom is -0.494 e. The number of rotatable bonds is 11. The van der Waals surface area contributed by atoms with Gasteiger partial charge in [-0.2, -0.15) is 0 Å². The Bertz CT molecular complexity index is 1090. The van der Waals surface area contributed by atoms with Crippen molar-refractivity contribution in [3.63, 3.8) is 0 Å². The lowest BCUT2D eigenvalue weighted by atomic mass is 10.2. The van der Waals surface area contributed by atoms with Crippen LogP contribution < -0.4 is 9.47 Å². The molecule has 0 radical (unpaired) electrons. The molecule has 0 amide bonds. The van der Waals surface area contributed by atoms with Crippen LogP contribution in [0.25, 0.3) is 22.6 Å². The Morgan fingerprint density at radius 2 is 1.17 bits per heavy atom. The molecule has 2 aliphatic heterocycles. The number of hydrogen-bond acceptors (Lipinski definition) is 8. The van der Waals surface area contributed by atoms with Crippen molar-refractivity contribution in [3.8, 4) is 35.8 Å². The summed E-state index contributed by atoms with van der Waals surface area (Å²) < 4.78 is 26.4. The molecule has 41 heavy (non-hydrogen) atoms. The maximum Gasteiger partial charge on any atom is 0.227 e. The zero-order valence-corrected chi connectivity index (χ0v) is 25.5. The van der Waals surface area contributed by atoms with Gasteiger partial charge < -0.3 is 33.2 Å². The summed E-state index contributed by atoms with van der Waals surface area (Å²) in [6.45, 7) is 8.68. The third kappa shape index (κ3) is 12.5. The average molecular weight is 568 g/mol. The maximum absolute atomic E-state index is 6.03. The summed E-state index contributed by atoms with van der Waals surface area (Å²) in [5.41, 5.74) is 2.55. The van der Waals surface area contributed by atoms with Gasteiger partial charge in [0.15, 0.2) is 5.58 Å². The van der Waals surface area contributed by atoms with E-state index in [2.05, 4.69) is 37.1 Å². The van der Waals surface area contributed by atoms with E-state index in [-0.39, 0.29) is 0 Å². The van der Waals surface area contributed by atoms with Gasteiger partial charge in [-0.1, -0.05) is 0 Å². The molecule has 5 rings (SSSR count). The maximum atomic E-state index is 6.03. The number of ether oxygens (including phenoxy) is 4.